The second-order valence-corrected chi connectivity index (χ2v) is 15.4. The molecule has 0 saturated carbocycles. The number of phosphoric ester groups is 1. The SMILES string of the molecule is CC/C=C\C/C=C\C/C=C\C/C=C\C/C=C\CCCC(=O)O[C@H](COC(=O)CCCC(O)/C=C/C=C/C/C=C/CCCCCCCC)COP(=O)(O)OC[C@H](N)C(=O)O. The van der Waals surface area contributed by atoms with Crippen molar-refractivity contribution in [2.45, 2.75) is 154 Å². The van der Waals surface area contributed by atoms with E-state index in [9.17, 15) is 28.9 Å². The van der Waals surface area contributed by atoms with Gasteiger partial charge in [0.2, 0.25) is 0 Å². The third-order valence-electron chi connectivity index (χ3n) is 8.42. The van der Waals surface area contributed by atoms with Crippen molar-refractivity contribution in [1.82, 2.24) is 0 Å². The average molecular weight is 848 g/mol. The highest BCUT2D eigenvalue weighted by atomic mass is 31.2. The lowest BCUT2D eigenvalue weighted by Gasteiger charge is -2.20. The number of carbonyl (C=O) groups excluding carboxylic acids is 2. The number of ether oxygens (including phenoxy) is 2. The Balaban J connectivity index is 4.68. The number of aliphatic carboxylic acids is 1. The van der Waals surface area contributed by atoms with Crippen LogP contribution in [0.15, 0.2) is 97.2 Å². The first-order valence-electron chi connectivity index (χ1n) is 21.4. The van der Waals surface area contributed by atoms with Crippen molar-refractivity contribution in [2.75, 3.05) is 19.8 Å². The number of aliphatic hydroxyl groups is 1. The Morgan fingerprint density at radius 2 is 1.15 bits per heavy atom. The molecule has 0 aromatic carbocycles. The maximum Gasteiger partial charge on any atom is 0.472 e. The van der Waals surface area contributed by atoms with Gasteiger partial charge in [0.1, 0.15) is 12.6 Å². The van der Waals surface area contributed by atoms with Crippen molar-refractivity contribution in [1.29, 1.82) is 0 Å². The Morgan fingerprint density at radius 1 is 0.627 bits per heavy atom. The van der Waals surface area contributed by atoms with Crippen LogP contribution in [0.2, 0.25) is 0 Å². The van der Waals surface area contributed by atoms with Gasteiger partial charge < -0.3 is 30.3 Å². The van der Waals surface area contributed by atoms with Gasteiger partial charge >= 0.3 is 25.7 Å². The number of carbonyl (C=O) groups is 3. The van der Waals surface area contributed by atoms with Crippen LogP contribution < -0.4 is 5.73 Å². The fourth-order valence-corrected chi connectivity index (χ4v) is 5.83. The van der Waals surface area contributed by atoms with Crippen LogP contribution >= 0.6 is 7.82 Å². The summed E-state index contributed by atoms with van der Waals surface area (Å²) in [5.74, 6) is -2.69. The average Bonchev–Trinajstić information content (AvgIpc) is 3.20. The summed E-state index contributed by atoms with van der Waals surface area (Å²) in [6.45, 7) is 2.40. The first-order valence-corrected chi connectivity index (χ1v) is 22.9. The van der Waals surface area contributed by atoms with Crippen molar-refractivity contribution >= 4 is 25.7 Å². The minimum absolute atomic E-state index is 0.0202. The van der Waals surface area contributed by atoms with Gasteiger partial charge in [0, 0.05) is 12.8 Å². The van der Waals surface area contributed by atoms with Crippen LogP contribution in [0.5, 0.6) is 0 Å². The monoisotopic (exact) mass is 847 g/mol. The predicted octanol–water partition coefficient (Wildman–Crippen LogP) is 10.2. The van der Waals surface area contributed by atoms with Crippen LogP contribution in [-0.2, 0) is 37.5 Å². The van der Waals surface area contributed by atoms with Crippen LogP contribution in [0.3, 0.4) is 0 Å². The molecule has 0 spiro atoms. The minimum atomic E-state index is -4.78. The van der Waals surface area contributed by atoms with Crippen molar-refractivity contribution in [3.05, 3.63) is 97.2 Å². The van der Waals surface area contributed by atoms with E-state index in [1.54, 1.807) is 12.2 Å². The highest BCUT2D eigenvalue weighted by Crippen LogP contribution is 2.43. The largest absolute Gasteiger partial charge is 0.480 e. The van der Waals surface area contributed by atoms with Gasteiger partial charge in [0.15, 0.2) is 6.10 Å². The third-order valence-corrected chi connectivity index (χ3v) is 9.37. The first kappa shape index (κ1) is 55.4. The van der Waals surface area contributed by atoms with Gasteiger partial charge in [0.05, 0.1) is 19.3 Å². The number of rotatable bonds is 38. The molecular formula is C46H74NO11P. The maximum absolute atomic E-state index is 12.6. The number of esters is 2. The van der Waals surface area contributed by atoms with Gasteiger partial charge in [-0.3, -0.25) is 23.4 Å². The van der Waals surface area contributed by atoms with Crippen molar-refractivity contribution in [2.24, 2.45) is 5.73 Å². The zero-order valence-corrected chi connectivity index (χ0v) is 36.6. The molecule has 0 radical (unpaired) electrons. The van der Waals surface area contributed by atoms with Crippen LogP contribution in [0.1, 0.15) is 136 Å². The van der Waals surface area contributed by atoms with Crippen LogP contribution in [0.4, 0.5) is 0 Å². The van der Waals surface area contributed by atoms with Crippen molar-refractivity contribution in [3.8, 4) is 0 Å². The summed E-state index contributed by atoms with van der Waals surface area (Å²) in [6, 6.07) is -1.56. The predicted molar refractivity (Wildman–Crippen MR) is 236 cm³/mol. The molecule has 59 heavy (non-hydrogen) atoms. The van der Waals surface area contributed by atoms with E-state index in [-0.39, 0.29) is 12.8 Å². The smallest absolute Gasteiger partial charge is 0.472 e. The lowest BCUT2D eigenvalue weighted by molar-refractivity contribution is -0.161. The number of carboxylic acids is 1. The summed E-state index contributed by atoms with van der Waals surface area (Å²) in [4.78, 5) is 45.9. The van der Waals surface area contributed by atoms with Crippen molar-refractivity contribution in [3.63, 3.8) is 0 Å². The fraction of sp³-hybridized carbons (Fsp3) is 0.587. The summed E-state index contributed by atoms with van der Waals surface area (Å²) >= 11 is 0. The number of allylic oxidation sites excluding steroid dienone is 15. The molecule has 0 rings (SSSR count). The van der Waals surface area contributed by atoms with Crippen LogP contribution in [-0.4, -0.2) is 71.1 Å². The second kappa shape index (κ2) is 39.8. The molecular weight excluding hydrogens is 773 g/mol. The van der Waals surface area contributed by atoms with E-state index >= 15 is 0 Å². The highest BCUT2D eigenvalue weighted by Gasteiger charge is 2.28. The molecule has 0 bridgehead atoms. The van der Waals surface area contributed by atoms with Gasteiger partial charge in [-0.25, -0.2) is 4.57 Å². The molecule has 0 aliphatic rings. The molecule has 12 nitrogen and oxygen atoms in total. The van der Waals surface area contributed by atoms with E-state index in [4.69, 9.17) is 24.8 Å². The molecule has 0 saturated heterocycles. The Labute approximate surface area is 354 Å². The van der Waals surface area contributed by atoms with Crippen LogP contribution in [0.25, 0.3) is 0 Å². The standard InChI is InChI=1S/C46H74NO11P/c1-3-5-7-9-11-13-15-17-18-19-20-22-24-26-28-30-32-36-45(50)58-42(39-56-59(53,54)57-40-43(47)46(51)52)38-55-44(49)37-33-35-41(48)34-31-29-27-25-23-21-16-14-12-10-8-6-4-2/h5,7,11,13,17-18,20-23,26-29,31,34,41-43,48H,3-4,6,8-10,12,14-16,19,24-25,30,32-33,35-40,47H2,1-2H3,(H,51,52)(H,53,54)/b7-5-,13-11-,18-17-,22-20-,23-21+,28-26-,29-27+,34-31+/t41?,42-,43+/m1/s1. The normalized spacial score (nSPS) is 15.2. The molecule has 13 heteroatoms. The summed E-state index contributed by atoms with van der Waals surface area (Å²) in [6.07, 6.45) is 46.6. The van der Waals surface area contributed by atoms with E-state index in [1.807, 2.05) is 24.3 Å². The topological polar surface area (TPSA) is 192 Å². The van der Waals surface area contributed by atoms with E-state index in [0.717, 1.165) is 44.9 Å². The first-order chi connectivity index (χ1) is 28.5. The zero-order valence-electron chi connectivity index (χ0n) is 35.7. The van der Waals surface area contributed by atoms with E-state index in [0.29, 0.717) is 25.7 Å². The fourth-order valence-electron chi connectivity index (χ4n) is 5.05. The Bertz CT molecular complexity index is 1380. The second-order valence-electron chi connectivity index (χ2n) is 13.9. The molecule has 0 aromatic rings. The Kier molecular flexibility index (Phi) is 37.3. The minimum Gasteiger partial charge on any atom is -0.480 e. The van der Waals surface area contributed by atoms with Gasteiger partial charge in [-0.2, -0.15) is 0 Å². The number of carboxylic acid groups (broad SMARTS) is 1. The third kappa shape index (κ3) is 39.6. The molecule has 4 atom stereocenters. The van der Waals surface area contributed by atoms with Gasteiger partial charge in [0.25, 0.3) is 0 Å². The highest BCUT2D eigenvalue weighted by molar-refractivity contribution is 7.47. The van der Waals surface area contributed by atoms with Gasteiger partial charge in [-0.15, -0.1) is 0 Å². The quantitative estimate of drug-likeness (QED) is 0.0151. The molecule has 0 aromatic heterocycles. The molecule has 0 heterocycles. The molecule has 0 aliphatic carbocycles. The number of aliphatic hydroxyl groups excluding tert-OH is 1. The number of unbranched alkanes of at least 4 members (excludes halogenated alkanes) is 7. The lowest BCUT2D eigenvalue weighted by atomic mass is 10.1. The molecule has 0 aliphatic heterocycles. The number of nitrogens with two attached hydrogens (primary N) is 1. The molecule has 5 N–H and O–H groups in total. The molecule has 2 unspecified atom stereocenters. The van der Waals surface area contributed by atoms with Gasteiger partial charge in [-0.05, 0) is 77.0 Å². The van der Waals surface area contributed by atoms with Crippen LogP contribution in [0, 0.1) is 0 Å². The summed E-state index contributed by atoms with van der Waals surface area (Å²) < 4.78 is 32.5. The molecule has 334 valence electrons. The maximum atomic E-state index is 12.6. The van der Waals surface area contributed by atoms with Gasteiger partial charge in [-0.1, -0.05) is 143 Å². The summed E-state index contributed by atoms with van der Waals surface area (Å²) in [7, 11) is -4.78. The zero-order chi connectivity index (χ0) is 43.7. The summed E-state index contributed by atoms with van der Waals surface area (Å²) in [5.41, 5.74) is 5.31. The number of phosphoric acid groups is 1. The van der Waals surface area contributed by atoms with E-state index in [1.165, 1.54) is 38.5 Å². The van der Waals surface area contributed by atoms with Crippen molar-refractivity contribution < 1.29 is 52.6 Å². The van der Waals surface area contributed by atoms with E-state index in [2.05, 4.69) is 79.1 Å². The molecule has 0 amide bonds. The Hall–Kier alpha value is -3.64. The number of hydrogen-bond donors (Lipinski definition) is 4. The Morgan fingerprint density at radius 3 is 1.76 bits per heavy atom. The van der Waals surface area contributed by atoms with E-state index < -0.39 is 63.8 Å². The molecule has 0 fully saturated rings. The summed E-state index contributed by atoms with van der Waals surface area (Å²) in [5, 5.41) is 19.1. The number of hydrogen-bond acceptors (Lipinski definition) is 10. The lowest BCUT2D eigenvalue weighted by Crippen LogP contribution is -2.34.